The van der Waals surface area contributed by atoms with Crippen LogP contribution in [0.3, 0.4) is 0 Å². The van der Waals surface area contributed by atoms with Crippen LogP contribution < -0.4 is 4.31 Å². The number of anilines is 1. The number of hydrogen-bond acceptors (Lipinski definition) is 7. The number of ether oxygens (including phenoxy) is 1. The zero-order valence-corrected chi connectivity index (χ0v) is 25.8. The molecule has 2 aromatic heterocycles. The topological polar surface area (TPSA) is 110 Å². The standard InChI is InChI=1S/C31H35ClN2O7S/c1-5-8-11-29(35)33(20-24-10-9-16-40-24)19-22-17-23(32)12-14-27(22)34(6-2)42(37,38)25-13-15-28-26(18-25)21(4)30(41-28)31(36)39-7-3/h9-10,12-18H,5-8,11,19-20H2,1-4H3. The van der Waals surface area contributed by atoms with Crippen molar-refractivity contribution >= 4 is 50.2 Å². The van der Waals surface area contributed by atoms with Gasteiger partial charge in [0.2, 0.25) is 11.7 Å². The SMILES string of the molecule is CCCCC(=O)N(Cc1ccco1)Cc1cc(Cl)ccc1N(CC)S(=O)(=O)c1ccc2oc(C(=O)OCC)c(C)c2c1. The summed E-state index contributed by atoms with van der Waals surface area (Å²) >= 11 is 6.38. The molecule has 0 aliphatic heterocycles. The van der Waals surface area contributed by atoms with Gasteiger partial charge >= 0.3 is 5.97 Å². The lowest BCUT2D eigenvalue weighted by molar-refractivity contribution is -0.132. The van der Waals surface area contributed by atoms with Crippen molar-refractivity contribution in [1.29, 1.82) is 0 Å². The summed E-state index contributed by atoms with van der Waals surface area (Å²) in [4.78, 5) is 27.2. The highest BCUT2D eigenvalue weighted by molar-refractivity contribution is 7.92. The van der Waals surface area contributed by atoms with Gasteiger partial charge in [0, 0.05) is 35.5 Å². The lowest BCUT2D eigenvalue weighted by Crippen LogP contribution is -2.34. The van der Waals surface area contributed by atoms with E-state index < -0.39 is 16.0 Å². The van der Waals surface area contributed by atoms with Crippen LogP contribution in [0, 0.1) is 6.92 Å². The largest absolute Gasteiger partial charge is 0.467 e. The number of halogens is 1. The van der Waals surface area contributed by atoms with Crippen LogP contribution in [0.5, 0.6) is 0 Å². The van der Waals surface area contributed by atoms with Gasteiger partial charge in [-0.2, -0.15) is 0 Å². The Labute approximate surface area is 251 Å². The summed E-state index contributed by atoms with van der Waals surface area (Å²) in [5.74, 6) is -0.0138. The Morgan fingerprint density at radius 1 is 1.02 bits per heavy atom. The Morgan fingerprint density at radius 2 is 1.81 bits per heavy atom. The summed E-state index contributed by atoms with van der Waals surface area (Å²) in [6, 6.07) is 13.0. The van der Waals surface area contributed by atoms with Crippen LogP contribution in [0.1, 0.15) is 67.5 Å². The molecule has 2 heterocycles. The molecule has 1 amide bonds. The maximum Gasteiger partial charge on any atom is 0.374 e. The Morgan fingerprint density at radius 3 is 2.48 bits per heavy atom. The fourth-order valence-electron chi connectivity index (χ4n) is 4.79. The molecule has 0 unspecified atom stereocenters. The number of benzene rings is 2. The highest BCUT2D eigenvalue weighted by Crippen LogP contribution is 2.34. The molecule has 0 aliphatic carbocycles. The van der Waals surface area contributed by atoms with Crippen molar-refractivity contribution in [3.63, 3.8) is 0 Å². The lowest BCUT2D eigenvalue weighted by atomic mass is 10.1. The van der Waals surface area contributed by atoms with Crippen molar-refractivity contribution in [2.24, 2.45) is 0 Å². The van der Waals surface area contributed by atoms with Crippen molar-refractivity contribution in [3.8, 4) is 0 Å². The molecule has 0 atom stereocenters. The summed E-state index contributed by atoms with van der Waals surface area (Å²) in [7, 11) is -4.08. The van der Waals surface area contributed by atoms with Crippen LogP contribution in [0.15, 0.2) is 68.5 Å². The molecule has 0 bridgehead atoms. The number of nitrogens with zero attached hydrogens (tertiary/aromatic N) is 2. The second-order valence-corrected chi connectivity index (χ2v) is 12.1. The van der Waals surface area contributed by atoms with Crippen molar-refractivity contribution in [2.75, 3.05) is 17.5 Å². The van der Waals surface area contributed by atoms with Gasteiger partial charge in [0.15, 0.2) is 0 Å². The number of sulfonamides is 1. The van der Waals surface area contributed by atoms with E-state index in [1.165, 1.54) is 22.5 Å². The quantitative estimate of drug-likeness (QED) is 0.148. The maximum absolute atomic E-state index is 14.1. The Balaban J connectivity index is 1.73. The van der Waals surface area contributed by atoms with Gasteiger partial charge in [-0.3, -0.25) is 9.10 Å². The van der Waals surface area contributed by atoms with Gasteiger partial charge < -0.3 is 18.5 Å². The van der Waals surface area contributed by atoms with E-state index in [1.54, 1.807) is 62.3 Å². The van der Waals surface area contributed by atoms with Crippen molar-refractivity contribution < 1.29 is 31.6 Å². The average Bonchev–Trinajstić information content (AvgIpc) is 3.60. The van der Waals surface area contributed by atoms with Crippen LogP contribution in [0.2, 0.25) is 5.02 Å². The van der Waals surface area contributed by atoms with E-state index in [-0.39, 0.29) is 42.8 Å². The van der Waals surface area contributed by atoms with Crippen LogP contribution in [-0.2, 0) is 32.6 Å². The van der Waals surface area contributed by atoms with Crippen LogP contribution in [-0.4, -0.2) is 38.3 Å². The highest BCUT2D eigenvalue weighted by Gasteiger charge is 2.29. The summed E-state index contributed by atoms with van der Waals surface area (Å²) in [5.41, 5.74) is 1.86. The molecule has 4 aromatic rings. The average molecular weight is 615 g/mol. The summed E-state index contributed by atoms with van der Waals surface area (Å²) in [6.07, 6.45) is 3.51. The summed E-state index contributed by atoms with van der Waals surface area (Å²) in [5, 5.41) is 0.917. The van der Waals surface area contributed by atoms with Gasteiger partial charge in [0.25, 0.3) is 10.0 Å². The maximum atomic E-state index is 14.1. The van der Waals surface area contributed by atoms with Crippen molar-refractivity contribution in [2.45, 2.75) is 64.9 Å². The number of carbonyl (C=O) groups is 2. The molecule has 0 saturated heterocycles. The van der Waals surface area contributed by atoms with Gasteiger partial charge in [-0.15, -0.1) is 0 Å². The number of unbranched alkanes of at least 4 members (excludes halogenated alkanes) is 1. The molecular formula is C31H35ClN2O7S. The van der Waals surface area contributed by atoms with Crippen molar-refractivity contribution in [3.05, 3.63) is 82.5 Å². The molecule has 0 N–H and O–H groups in total. The number of aryl methyl sites for hydroxylation is 1. The number of furan rings is 2. The molecule has 11 heteroatoms. The highest BCUT2D eigenvalue weighted by atomic mass is 35.5. The second kappa shape index (κ2) is 13.5. The third-order valence-electron chi connectivity index (χ3n) is 6.94. The molecule has 224 valence electrons. The summed E-state index contributed by atoms with van der Waals surface area (Å²) in [6.45, 7) is 7.82. The molecular weight excluding hydrogens is 580 g/mol. The zero-order chi connectivity index (χ0) is 30.4. The molecule has 0 aliphatic rings. The number of esters is 1. The van der Waals surface area contributed by atoms with Crippen molar-refractivity contribution in [1.82, 2.24) is 4.90 Å². The third-order valence-corrected chi connectivity index (χ3v) is 9.06. The van der Waals surface area contributed by atoms with E-state index in [0.717, 1.165) is 12.8 Å². The molecule has 9 nitrogen and oxygen atoms in total. The first-order valence-corrected chi connectivity index (χ1v) is 15.7. The first-order valence-electron chi connectivity index (χ1n) is 13.9. The second-order valence-electron chi connectivity index (χ2n) is 9.81. The number of hydrogen-bond donors (Lipinski definition) is 0. The molecule has 4 rings (SSSR count). The van der Waals surface area contributed by atoms with Crippen LogP contribution >= 0.6 is 11.6 Å². The summed E-state index contributed by atoms with van der Waals surface area (Å²) < 4.78 is 45.7. The Hall–Kier alpha value is -3.76. The van der Waals surface area contributed by atoms with Gasteiger partial charge in [0.1, 0.15) is 11.3 Å². The van der Waals surface area contributed by atoms with E-state index in [0.29, 0.717) is 45.0 Å². The minimum Gasteiger partial charge on any atom is -0.467 e. The molecule has 2 aromatic carbocycles. The molecule has 42 heavy (non-hydrogen) atoms. The number of carbonyl (C=O) groups excluding carboxylic acids is 2. The third kappa shape index (κ3) is 6.65. The predicted octanol–water partition coefficient (Wildman–Crippen LogP) is 7.10. The molecule has 0 fully saturated rings. The monoisotopic (exact) mass is 614 g/mol. The molecule has 0 saturated carbocycles. The van der Waals surface area contributed by atoms with Gasteiger partial charge in [-0.1, -0.05) is 24.9 Å². The smallest absolute Gasteiger partial charge is 0.374 e. The predicted molar refractivity (Wildman–Crippen MR) is 161 cm³/mol. The lowest BCUT2D eigenvalue weighted by Gasteiger charge is -2.28. The molecule has 0 spiro atoms. The number of rotatable bonds is 13. The fourth-order valence-corrected chi connectivity index (χ4v) is 6.52. The Bertz CT molecular complexity index is 1660. The van der Waals surface area contributed by atoms with Gasteiger partial charge in [0.05, 0.1) is 30.0 Å². The molecule has 0 radical (unpaired) electrons. The van der Waals surface area contributed by atoms with Crippen LogP contribution in [0.4, 0.5) is 5.69 Å². The van der Waals surface area contributed by atoms with Gasteiger partial charge in [-0.25, -0.2) is 13.2 Å². The minimum absolute atomic E-state index is 0.0310. The fraction of sp³-hybridized carbons (Fsp3) is 0.355. The first-order chi connectivity index (χ1) is 20.1. The van der Waals surface area contributed by atoms with E-state index in [9.17, 15) is 18.0 Å². The van der Waals surface area contributed by atoms with Gasteiger partial charge in [-0.05, 0) is 81.3 Å². The zero-order valence-electron chi connectivity index (χ0n) is 24.2. The van der Waals surface area contributed by atoms with E-state index in [1.807, 2.05) is 6.92 Å². The number of fused-ring (bicyclic) bond motifs is 1. The van der Waals surface area contributed by atoms with E-state index in [2.05, 4.69) is 0 Å². The van der Waals surface area contributed by atoms with E-state index in [4.69, 9.17) is 25.2 Å². The Kier molecular flexibility index (Phi) is 10.0. The van der Waals surface area contributed by atoms with E-state index >= 15 is 0 Å². The number of amides is 1. The normalized spacial score (nSPS) is 11.5. The van der Waals surface area contributed by atoms with Crippen LogP contribution in [0.25, 0.3) is 11.0 Å². The minimum atomic E-state index is -4.08. The first kappa shape index (κ1) is 31.2.